The molecule has 0 amide bonds. The van der Waals surface area contributed by atoms with Crippen molar-refractivity contribution in [1.82, 2.24) is 9.13 Å². The standard InChI is InChI=1S/C20H23N3O6/c1-29-16(24)6-3-2-4-8-22-17(25)12-10-14-15(11-13(12)18(22)26)20(28)23(19(14)27)9-5-7-21/h10-11H,2-9,21H2,1H3. The van der Waals surface area contributed by atoms with Crippen molar-refractivity contribution in [1.29, 1.82) is 0 Å². The second-order valence-electron chi connectivity index (χ2n) is 7.00. The number of methoxy groups -OCH3 is 1. The Morgan fingerprint density at radius 2 is 1.24 bits per heavy atom. The number of fused-ring (bicyclic) bond motifs is 2. The van der Waals surface area contributed by atoms with Crippen molar-refractivity contribution < 1.29 is 9.53 Å². The van der Waals surface area contributed by atoms with Crippen molar-refractivity contribution in [3.05, 3.63) is 53.5 Å². The molecule has 1 aromatic carbocycles. The third-order valence-electron chi connectivity index (χ3n) is 5.14. The maximum Gasteiger partial charge on any atom is 0.305 e. The van der Waals surface area contributed by atoms with E-state index in [0.717, 1.165) is 9.13 Å². The number of carbonyl (C=O) groups is 1. The second kappa shape index (κ2) is 8.52. The Labute approximate surface area is 165 Å². The van der Waals surface area contributed by atoms with E-state index < -0.39 is 22.2 Å². The molecule has 0 atom stereocenters. The summed E-state index contributed by atoms with van der Waals surface area (Å²) >= 11 is 0. The van der Waals surface area contributed by atoms with Gasteiger partial charge in [-0.25, -0.2) is 0 Å². The van der Waals surface area contributed by atoms with Gasteiger partial charge in [0.1, 0.15) is 0 Å². The molecule has 0 saturated heterocycles. The number of aromatic nitrogens is 2. The second-order valence-corrected chi connectivity index (χ2v) is 7.00. The predicted molar refractivity (Wildman–Crippen MR) is 109 cm³/mol. The van der Waals surface area contributed by atoms with Crippen LogP contribution in [-0.4, -0.2) is 28.8 Å². The molecule has 0 aliphatic heterocycles. The van der Waals surface area contributed by atoms with Crippen LogP contribution in [-0.2, 0) is 22.6 Å². The van der Waals surface area contributed by atoms with E-state index in [1.165, 1.54) is 19.2 Å². The molecule has 29 heavy (non-hydrogen) atoms. The molecule has 3 rings (SSSR count). The molecule has 0 radical (unpaired) electrons. The van der Waals surface area contributed by atoms with E-state index in [1.807, 2.05) is 0 Å². The van der Waals surface area contributed by atoms with Crippen molar-refractivity contribution in [2.75, 3.05) is 13.7 Å². The van der Waals surface area contributed by atoms with Gasteiger partial charge < -0.3 is 10.5 Å². The summed E-state index contributed by atoms with van der Waals surface area (Å²) in [5, 5.41) is 0.578. The van der Waals surface area contributed by atoms with Crippen LogP contribution in [0.1, 0.15) is 32.1 Å². The number of hydrogen-bond donors (Lipinski definition) is 1. The van der Waals surface area contributed by atoms with Crippen LogP contribution in [0, 0.1) is 0 Å². The number of hydrogen-bond acceptors (Lipinski definition) is 7. The highest BCUT2D eigenvalue weighted by Gasteiger charge is 2.19. The summed E-state index contributed by atoms with van der Waals surface area (Å²) in [7, 11) is 1.32. The zero-order chi connectivity index (χ0) is 21.1. The lowest BCUT2D eigenvalue weighted by molar-refractivity contribution is -0.140. The molecule has 0 aliphatic carbocycles. The normalized spacial score (nSPS) is 11.5. The van der Waals surface area contributed by atoms with Crippen molar-refractivity contribution in [3.63, 3.8) is 0 Å². The maximum atomic E-state index is 12.7. The number of carbonyl (C=O) groups excluding carboxylic acids is 1. The van der Waals surface area contributed by atoms with Gasteiger partial charge in [-0.15, -0.1) is 0 Å². The molecule has 0 unspecified atom stereocenters. The monoisotopic (exact) mass is 401 g/mol. The Morgan fingerprint density at radius 1 is 0.793 bits per heavy atom. The van der Waals surface area contributed by atoms with Gasteiger partial charge in [-0.2, -0.15) is 0 Å². The molecule has 0 aliphatic rings. The summed E-state index contributed by atoms with van der Waals surface area (Å²) in [6, 6.07) is 2.70. The topological polar surface area (TPSA) is 130 Å². The van der Waals surface area contributed by atoms with E-state index in [9.17, 15) is 24.0 Å². The molecule has 9 nitrogen and oxygen atoms in total. The Kier molecular flexibility index (Phi) is 6.07. The van der Waals surface area contributed by atoms with E-state index >= 15 is 0 Å². The average Bonchev–Trinajstić information content (AvgIpc) is 3.09. The summed E-state index contributed by atoms with van der Waals surface area (Å²) in [4.78, 5) is 61.5. The number of rotatable bonds is 9. The fourth-order valence-electron chi connectivity index (χ4n) is 3.55. The van der Waals surface area contributed by atoms with Crippen molar-refractivity contribution in [2.24, 2.45) is 5.73 Å². The summed E-state index contributed by atoms with van der Waals surface area (Å²) in [5.74, 6) is -0.296. The molecule has 154 valence electrons. The molecule has 0 bridgehead atoms. The van der Waals surface area contributed by atoms with Gasteiger partial charge in [-0.3, -0.25) is 33.1 Å². The van der Waals surface area contributed by atoms with Crippen LogP contribution in [0.2, 0.25) is 0 Å². The third kappa shape index (κ3) is 3.77. The fourth-order valence-corrected chi connectivity index (χ4v) is 3.55. The molecule has 9 heteroatoms. The lowest BCUT2D eigenvalue weighted by atomic mass is 10.1. The molecule has 0 fully saturated rings. The van der Waals surface area contributed by atoms with E-state index in [0.29, 0.717) is 32.2 Å². The predicted octanol–water partition coefficient (Wildman–Crippen LogP) is -0.00540. The van der Waals surface area contributed by atoms with Gasteiger partial charge in [0.25, 0.3) is 22.2 Å². The van der Waals surface area contributed by atoms with E-state index in [4.69, 9.17) is 5.73 Å². The van der Waals surface area contributed by atoms with Crippen LogP contribution in [0.3, 0.4) is 0 Å². The van der Waals surface area contributed by atoms with Gasteiger partial charge in [0, 0.05) is 19.5 Å². The van der Waals surface area contributed by atoms with Crippen molar-refractivity contribution in [3.8, 4) is 0 Å². The summed E-state index contributed by atoms with van der Waals surface area (Å²) in [6.07, 6.45) is 2.58. The van der Waals surface area contributed by atoms with Gasteiger partial charge in [0.15, 0.2) is 0 Å². The highest BCUT2D eigenvalue weighted by atomic mass is 16.5. The lowest BCUT2D eigenvalue weighted by Crippen LogP contribution is -2.26. The highest BCUT2D eigenvalue weighted by Crippen LogP contribution is 2.15. The lowest BCUT2D eigenvalue weighted by Gasteiger charge is -2.01. The third-order valence-corrected chi connectivity index (χ3v) is 5.14. The summed E-state index contributed by atoms with van der Waals surface area (Å²) in [6.45, 7) is 0.755. The zero-order valence-electron chi connectivity index (χ0n) is 16.2. The molecule has 3 aromatic rings. The zero-order valence-corrected chi connectivity index (χ0v) is 16.2. The molecule has 2 heterocycles. The van der Waals surface area contributed by atoms with Gasteiger partial charge in [0.05, 0.1) is 28.7 Å². The molecule has 0 saturated carbocycles. The molecular weight excluding hydrogens is 378 g/mol. The minimum absolute atomic E-state index is 0.144. The van der Waals surface area contributed by atoms with E-state index in [1.54, 1.807) is 0 Å². The first kappa shape index (κ1) is 20.7. The molecule has 2 aromatic heterocycles. The summed E-state index contributed by atoms with van der Waals surface area (Å²) in [5.41, 5.74) is 3.57. The van der Waals surface area contributed by atoms with Gasteiger partial charge in [0.2, 0.25) is 0 Å². The highest BCUT2D eigenvalue weighted by molar-refractivity contribution is 5.97. The van der Waals surface area contributed by atoms with Crippen LogP contribution in [0.4, 0.5) is 0 Å². The number of benzene rings is 1. The Morgan fingerprint density at radius 3 is 1.66 bits per heavy atom. The van der Waals surface area contributed by atoms with Gasteiger partial charge in [-0.1, -0.05) is 6.42 Å². The number of nitrogens with two attached hydrogens (primary N) is 1. The Balaban J connectivity index is 1.92. The summed E-state index contributed by atoms with van der Waals surface area (Å²) < 4.78 is 6.79. The van der Waals surface area contributed by atoms with Crippen molar-refractivity contribution in [2.45, 2.75) is 45.2 Å². The maximum absolute atomic E-state index is 12.7. The largest absolute Gasteiger partial charge is 0.469 e. The number of unbranched alkanes of at least 4 members (excludes halogenated alkanes) is 2. The molecule has 2 N–H and O–H groups in total. The minimum atomic E-state index is -0.471. The SMILES string of the molecule is COC(=O)CCCCCn1c(=O)c2cc3c(=O)n(CCCN)c(=O)c3cc2c1=O. The van der Waals surface area contributed by atoms with Crippen molar-refractivity contribution >= 4 is 27.5 Å². The fraction of sp³-hybridized carbons (Fsp3) is 0.450. The minimum Gasteiger partial charge on any atom is -0.469 e. The van der Waals surface area contributed by atoms with E-state index in [-0.39, 0.29) is 47.0 Å². The van der Waals surface area contributed by atoms with Crippen LogP contribution in [0.15, 0.2) is 31.3 Å². The average molecular weight is 401 g/mol. The quantitative estimate of drug-likeness (QED) is 0.394. The van der Waals surface area contributed by atoms with Crippen LogP contribution in [0.25, 0.3) is 21.5 Å². The molecular formula is C20H23N3O6. The smallest absolute Gasteiger partial charge is 0.305 e. The number of nitrogens with zero attached hydrogens (tertiary/aromatic N) is 2. The molecule has 0 spiro atoms. The van der Waals surface area contributed by atoms with Crippen LogP contribution in [0.5, 0.6) is 0 Å². The van der Waals surface area contributed by atoms with Gasteiger partial charge in [-0.05, 0) is 37.9 Å². The van der Waals surface area contributed by atoms with Gasteiger partial charge >= 0.3 is 5.97 Å². The number of esters is 1. The van der Waals surface area contributed by atoms with E-state index in [2.05, 4.69) is 4.74 Å². The first-order chi connectivity index (χ1) is 13.9. The van der Waals surface area contributed by atoms with Crippen LogP contribution >= 0.6 is 0 Å². The van der Waals surface area contributed by atoms with Crippen LogP contribution < -0.4 is 28.0 Å². The Bertz CT molecular complexity index is 1180. The first-order valence-corrected chi connectivity index (χ1v) is 9.58. The first-order valence-electron chi connectivity index (χ1n) is 9.58. The number of ether oxygens (including phenoxy) is 1. The Hall–Kier alpha value is -3.07.